The maximum atomic E-state index is 14.7. The Labute approximate surface area is 269 Å². The maximum absolute atomic E-state index is 14.7. The summed E-state index contributed by atoms with van der Waals surface area (Å²) in [5.41, 5.74) is 3.55. The van der Waals surface area contributed by atoms with E-state index in [2.05, 4.69) is 17.6 Å². The fourth-order valence-electron chi connectivity index (χ4n) is 6.04. The molecule has 2 aromatic rings. The van der Waals surface area contributed by atoms with E-state index in [9.17, 15) is 8.78 Å². The third-order valence-electron chi connectivity index (χ3n) is 8.50. The summed E-state index contributed by atoms with van der Waals surface area (Å²) < 4.78 is 43.6. The Balaban J connectivity index is 0.00000645. The summed E-state index contributed by atoms with van der Waals surface area (Å²) in [5, 5.41) is 8.96. The SMILES string of the molecule is CCCCCCCCCCCC1=[N+](Cc2c(F)cccc2F)CCc2c1ccc(OC)c2OCCCCCCCCO.[Br-]. The summed E-state index contributed by atoms with van der Waals surface area (Å²) in [4.78, 5) is 0. The van der Waals surface area contributed by atoms with Crippen molar-refractivity contribution in [2.45, 2.75) is 123 Å². The standard InChI is InChI=1S/C36H54F2NO3.BrH/c1-3-4-5-6-7-8-9-12-15-21-34-29-22-23-35(41-2)36(42-27-17-14-11-10-13-16-26-40)30(29)24-25-39(34)28-31-32(37)19-18-20-33(31)38;/h18-20,22-23,40H,3-17,21,24-28H2,1-2H3;1H/q+1;/p-1. The molecule has 7 heteroatoms. The van der Waals surface area contributed by atoms with Gasteiger partial charge in [0.1, 0.15) is 18.2 Å². The number of fused-ring (bicyclic) bond motifs is 1. The first-order valence-corrected chi connectivity index (χ1v) is 16.6. The molecule has 3 rings (SSSR count). The highest BCUT2D eigenvalue weighted by molar-refractivity contribution is 5.99. The van der Waals surface area contributed by atoms with Gasteiger partial charge in [0, 0.05) is 30.6 Å². The lowest BCUT2D eigenvalue weighted by Gasteiger charge is -2.23. The van der Waals surface area contributed by atoms with Crippen molar-refractivity contribution in [3.8, 4) is 11.5 Å². The summed E-state index contributed by atoms with van der Waals surface area (Å²) in [5.74, 6) is 0.584. The van der Waals surface area contributed by atoms with Crippen LogP contribution in [0.5, 0.6) is 11.5 Å². The molecule has 1 aliphatic rings. The van der Waals surface area contributed by atoms with Crippen molar-refractivity contribution in [2.75, 3.05) is 26.9 Å². The van der Waals surface area contributed by atoms with E-state index >= 15 is 0 Å². The van der Waals surface area contributed by atoms with E-state index in [-0.39, 0.29) is 35.7 Å². The van der Waals surface area contributed by atoms with Gasteiger partial charge >= 0.3 is 0 Å². The van der Waals surface area contributed by atoms with Gasteiger partial charge in [0.05, 0.1) is 19.3 Å². The van der Waals surface area contributed by atoms with E-state index in [1.54, 1.807) is 7.11 Å². The molecule has 0 aromatic heterocycles. The molecular formula is C36H54BrF2NO3. The zero-order valence-electron chi connectivity index (χ0n) is 26.6. The summed E-state index contributed by atoms with van der Waals surface area (Å²) in [7, 11) is 1.68. The molecule has 1 N–H and O–H groups in total. The smallest absolute Gasteiger partial charge is 0.184 e. The molecule has 0 unspecified atom stereocenters. The molecule has 1 heterocycles. The van der Waals surface area contributed by atoms with Gasteiger partial charge in [-0.1, -0.05) is 90.0 Å². The van der Waals surface area contributed by atoms with Crippen molar-refractivity contribution in [3.05, 3.63) is 58.7 Å². The minimum absolute atomic E-state index is 0. The van der Waals surface area contributed by atoms with Gasteiger partial charge in [0.15, 0.2) is 23.8 Å². The van der Waals surface area contributed by atoms with Crippen LogP contribution in [0.4, 0.5) is 8.78 Å². The Kier molecular flexibility index (Phi) is 18.7. The van der Waals surface area contributed by atoms with Crippen molar-refractivity contribution in [1.29, 1.82) is 0 Å². The van der Waals surface area contributed by atoms with Crippen LogP contribution in [-0.4, -0.2) is 42.3 Å². The zero-order valence-corrected chi connectivity index (χ0v) is 28.2. The average molecular weight is 667 g/mol. The Morgan fingerprint density at radius 2 is 1.40 bits per heavy atom. The predicted molar refractivity (Wildman–Crippen MR) is 168 cm³/mol. The van der Waals surface area contributed by atoms with Crippen molar-refractivity contribution in [2.24, 2.45) is 0 Å². The first-order chi connectivity index (χ1) is 20.6. The van der Waals surface area contributed by atoms with Crippen molar-refractivity contribution < 1.29 is 44.9 Å². The van der Waals surface area contributed by atoms with E-state index < -0.39 is 11.6 Å². The van der Waals surface area contributed by atoms with Gasteiger partial charge in [-0.2, -0.15) is 0 Å². The van der Waals surface area contributed by atoms with E-state index in [1.807, 2.05) is 6.07 Å². The lowest BCUT2D eigenvalue weighted by Crippen LogP contribution is -3.00. The number of benzene rings is 2. The van der Waals surface area contributed by atoms with Gasteiger partial charge in [-0.3, -0.25) is 0 Å². The van der Waals surface area contributed by atoms with Gasteiger partial charge in [-0.15, -0.1) is 0 Å². The number of halogens is 3. The number of hydrogen-bond donors (Lipinski definition) is 1. The first-order valence-electron chi connectivity index (χ1n) is 16.6. The average Bonchev–Trinajstić information content (AvgIpc) is 2.99. The van der Waals surface area contributed by atoms with Crippen LogP contribution in [0.3, 0.4) is 0 Å². The molecule has 4 nitrogen and oxygen atoms in total. The minimum Gasteiger partial charge on any atom is -1.00 e. The molecule has 0 atom stereocenters. The first kappa shape index (κ1) is 37.2. The fraction of sp³-hybridized carbons (Fsp3) is 0.639. The summed E-state index contributed by atoms with van der Waals surface area (Å²) in [6.45, 7) is 4.06. The highest BCUT2D eigenvalue weighted by Gasteiger charge is 2.30. The van der Waals surface area contributed by atoms with Crippen LogP contribution in [-0.2, 0) is 13.0 Å². The van der Waals surface area contributed by atoms with Crippen LogP contribution in [0.2, 0.25) is 0 Å². The number of rotatable bonds is 22. The van der Waals surface area contributed by atoms with Gasteiger partial charge < -0.3 is 31.6 Å². The lowest BCUT2D eigenvalue weighted by molar-refractivity contribution is -0.546. The van der Waals surface area contributed by atoms with Gasteiger partial charge in [-0.25, -0.2) is 13.4 Å². The molecule has 0 fully saturated rings. The number of unbranched alkanes of at least 4 members (excludes halogenated alkanes) is 13. The monoisotopic (exact) mass is 665 g/mol. The molecule has 0 bridgehead atoms. The van der Waals surface area contributed by atoms with E-state index in [0.717, 1.165) is 92.5 Å². The molecule has 0 spiro atoms. The Morgan fingerprint density at radius 3 is 2.02 bits per heavy atom. The van der Waals surface area contributed by atoms with Gasteiger partial charge in [0.2, 0.25) is 0 Å². The molecule has 0 amide bonds. The van der Waals surface area contributed by atoms with Crippen LogP contribution in [0.25, 0.3) is 0 Å². The van der Waals surface area contributed by atoms with Crippen LogP contribution in [0, 0.1) is 11.6 Å². The number of hydrogen-bond acceptors (Lipinski definition) is 3. The molecule has 242 valence electrons. The van der Waals surface area contributed by atoms with E-state index in [1.165, 1.54) is 63.1 Å². The molecule has 0 saturated carbocycles. The molecule has 2 aromatic carbocycles. The van der Waals surface area contributed by atoms with Gasteiger partial charge in [0.25, 0.3) is 0 Å². The second-order valence-corrected chi connectivity index (χ2v) is 11.7. The van der Waals surface area contributed by atoms with Crippen molar-refractivity contribution >= 4 is 5.71 Å². The lowest BCUT2D eigenvalue weighted by atomic mass is 9.91. The number of aliphatic hydroxyl groups is 1. The molecule has 0 radical (unpaired) electrons. The van der Waals surface area contributed by atoms with Crippen molar-refractivity contribution in [3.63, 3.8) is 0 Å². The molecular weight excluding hydrogens is 612 g/mol. The normalized spacial score (nSPS) is 12.7. The highest BCUT2D eigenvalue weighted by atomic mass is 79.9. The molecule has 0 aliphatic carbocycles. The summed E-state index contributed by atoms with van der Waals surface area (Å²) in [6.07, 6.45) is 19.2. The molecule has 1 aliphatic heterocycles. The van der Waals surface area contributed by atoms with Gasteiger partial charge in [-0.05, 0) is 43.5 Å². The Hall–Kier alpha value is -1.99. The Bertz CT molecular complexity index is 1090. The van der Waals surface area contributed by atoms with Crippen molar-refractivity contribution in [1.82, 2.24) is 0 Å². The van der Waals surface area contributed by atoms with Crippen LogP contribution >= 0.6 is 0 Å². The largest absolute Gasteiger partial charge is 1.00 e. The number of methoxy groups -OCH3 is 1. The number of ether oxygens (including phenoxy) is 2. The predicted octanol–water partition coefficient (Wildman–Crippen LogP) is 6.17. The molecule has 43 heavy (non-hydrogen) atoms. The van der Waals surface area contributed by atoms with Crippen LogP contribution in [0.1, 0.15) is 126 Å². The molecule has 0 saturated heterocycles. The minimum atomic E-state index is -0.488. The van der Waals surface area contributed by atoms with E-state index in [0.29, 0.717) is 13.2 Å². The fourth-order valence-corrected chi connectivity index (χ4v) is 6.04. The van der Waals surface area contributed by atoms with E-state index in [4.69, 9.17) is 14.6 Å². The number of aliphatic hydroxyl groups excluding tert-OH is 1. The third kappa shape index (κ3) is 12.1. The summed E-state index contributed by atoms with van der Waals surface area (Å²) >= 11 is 0. The Morgan fingerprint density at radius 1 is 0.791 bits per heavy atom. The zero-order chi connectivity index (χ0) is 30.0. The topological polar surface area (TPSA) is 41.7 Å². The highest BCUT2D eigenvalue weighted by Crippen LogP contribution is 2.37. The maximum Gasteiger partial charge on any atom is 0.184 e. The second kappa shape index (κ2) is 21.7. The van der Waals surface area contributed by atoms with Crippen LogP contribution in [0.15, 0.2) is 30.3 Å². The quantitative estimate of drug-likeness (QED) is 0.121. The summed E-state index contributed by atoms with van der Waals surface area (Å²) in [6, 6.07) is 8.21. The second-order valence-electron chi connectivity index (χ2n) is 11.7. The number of nitrogens with zero attached hydrogens (tertiary/aromatic N) is 1. The third-order valence-corrected chi connectivity index (χ3v) is 8.50. The van der Waals surface area contributed by atoms with Crippen LogP contribution < -0.4 is 26.5 Å².